The first-order valence-corrected chi connectivity index (χ1v) is 8.64. The third-order valence-electron chi connectivity index (χ3n) is 3.78. The molecule has 5 heteroatoms. The third kappa shape index (κ3) is 4.38. The van der Waals surface area contributed by atoms with Crippen LogP contribution >= 0.6 is 0 Å². The van der Waals surface area contributed by atoms with Crippen LogP contribution in [0, 0.1) is 0 Å². The largest absolute Gasteiger partial charge is 0.490 e. The fourth-order valence-electron chi connectivity index (χ4n) is 2.63. The third-order valence-corrected chi connectivity index (χ3v) is 3.78. The van der Waals surface area contributed by atoms with Gasteiger partial charge in [0.25, 0.3) is 0 Å². The van der Waals surface area contributed by atoms with Gasteiger partial charge in [-0.1, -0.05) is 18.2 Å². The minimum atomic E-state index is 0.620. The summed E-state index contributed by atoms with van der Waals surface area (Å²) < 4.78 is 11.3. The lowest BCUT2D eigenvalue weighted by atomic mass is 10.1. The van der Waals surface area contributed by atoms with Crippen LogP contribution in [0.4, 0.5) is 5.82 Å². The maximum absolute atomic E-state index is 5.68. The molecule has 1 aromatic heterocycles. The highest BCUT2D eigenvalue weighted by Gasteiger charge is 2.06. The molecule has 1 heterocycles. The quantitative estimate of drug-likeness (QED) is 0.671. The molecule has 0 aliphatic rings. The van der Waals surface area contributed by atoms with E-state index < -0.39 is 0 Å². The molecule has 0 unspecified atom stereocenters. The second-order valence-corrected chi connectivity index (χ2v) is 5.57. The lowest BCUT2D eigenvalue weighted by Gasteiger charge is -2.12. The first-order chi connectivity index (χ1) is 12.3. The number of nitrogens with one attached hydrogen (secondary N) is 1. The summed E-state index contributed by atoms with van der Waals surface area (Å²) in [6, 6.07) is 13.9. The number of ether oxygens (including phenoxy) is 2. The molecule has 0 saturated carbocycles. The molecule has 0 spiro atoms. The van der Waals surface area contributed by atoms with Crippen LogP contribution in [0.25, 0.3) is 11.0 Å². The Hall–Kier alpha value is -2.82. The van der Waals surface area contributed by atoms with Crippen molar-refractivity contribution >= 4 is 16.9 Å². The van der Waals surface area contributed by atoms with Crippen LogP contribution in [0.2, 0.25) is 0 Å². The molecule has 0 radical (unpaired) electrons. The molecule has 2 aromatic carbocycles. The summed E-state index contributed by atoms with van der Waals surface area (Å²) in [4.78, 5) is 8.99. The molecule has 0 aliphatic heterocycles. The normalized spacial score (nSPS) is 10.6. The van der Waals surface area contributed by atoms with Gasteiger partial charge in [-0.3, -0.25) is 4.98 Å². The van der Waals surface area contributed by atoms with Gasteiger partial charge in [0.1, 0.15) is 5.82 Å². The molecule has 0 fully saturated rings. The van der Waals surface area contributed by atoms with Crippen LogP contribution < -0.4 is 14.8 Å². The van der Waals surface area contributed by atoms with Gasteiger partial charge < -0.3 is 14.8 Å². The van der Waals surface area contributed by atoms with Crippen molar-refractivity contribution in [3.8, 4) is 11.5 Å². The molecule has 0 aliphatic carbocycles. The molecule has 130 valence electrons. The molecule has 0 saturated heterocycles. The van der Waals surface area contributed by atoms with Crippen LogP contribution in [0.5, 0.6) is 11.5 Å². The number of fused-ring (bicyclic) bond motifs is 1. The summed E-state index contributed by atoms with van der Waals surface area (Å²) in [6.07, 6.45) is 2.63. The molecular formula is C20H23N3O2. The molecule has 5 nitrogen and oxygen atoms in total. The topological polar surface area (TPSA) is 56.3 Å². The van der Waals surface area contributed by atoms with E-state index in [4.69, 9.17) is 9.47 Å². The van der Waals surface area contributed by atoms with Crippen LogP contribution in [0.3, 0.4) is 0 Å². The van der Waals surface area contributed by atoms with Gasteiger partial charge in [-0.05, 0) is 50.1 Å². The van der Waals surface area contributed by atoms with Crippen molar-refractivity contribution in [3.05, 3.63) is 54.2 Å². The Morgan fingerprint density at radius 3 is 2.48 bits per heavy atom. The van der Waals surface area contributed by atoms with Crippen LogP contribution in [-0.2, 0) is 6.42 Å². The Balaban J connectivity index is 1.63. The van der Waals surface area contributed by atoms with Crippen LogP contribution in [0.15, 0.2) is 48.7 Å². The molecular weight excluding hydrogens is 314 g/mol. The number of hydrogen-bond donors (Lipinski definition) is 1. The van der Waals surface area contributed by atoms with Crippen molar-refractivity contribution in [2.75, 3.05) is 25.1 Å². The van der Waals surface area contributed by atoms with Gasteiger partial charge in [-0.2, -0.15) is 0 Å². The molecule has 0 bridgehead atoms. The zero-order valence-corrected chi connectivity index (χ0v) is 14.7. The lowest BCUT2D eigenvalue weighted by molar-refractivity contribution is 0.287. The summed E-state index contributed by atoms with van der Waals surface area (Å²) in [6.45, 7) is 5.96. The van der Waals surface area contributed by atoms with Gasteiger partial charge in [0.15, 0.2) is 11.5 Å². The molecule has 25 heavy (non-hydrogen) atoms. The standard InChI is InChI=1S/C20H23N3O2/c1-3-24-18-10-9-15(13-19(18)25-4-2)11-12-21-20-14-22-16-7-5-6-8-17(16)23-20/h5-10,13-14H,3-4,11-12H2,1-2H3,(H,21,23). The maximum Gasteiger partial charge on any atom is 0.161 e. The van der Waals surface area contributed by atoms with Crippen molar-refractivity contribution in [3.63, 3.8) is 0 Å². The minimum absolute atomic E-state index is 0.620. The smallest absolute Gasteiger partial charge is 0.161 e. The van der Waals surface area contributed by atoms with Gasteiger partial charge in [0.2, 0.25) is 0 Å². The summed E-state index contributed by atoms with van der Waals surface area (Å²) in [5, 5.41) is 3.33. The van der Waals surface area contributed by atoms with E-state index in [1.165, 1.54) is 5.56 Å². The number of aromatic nitrogens is 2. The van der Waals surface area contributed by atoms with Gasteiger partial charge in [0, 0.05) is 6.54 Å². The van der Waals surface area contributed by atoms with Crippen LogP contribution in [0.1, 0.15) is 19.4 Å². The number of para-hydroxylation sites is 2. The average molecular weight is 337 g/mol. The zero-order valence-electron chi connectivity index (χ0n) is 14.7. The first kappa shape index (κ1) is 17.0. The Morgan fingerprint density at radius 1 is 0.920 bits per heavy atom. The number of nitrogens with zero attached hydrogens (tertiary/aromatic N) is 2. The van der Waals surface area contributed by atoms with Gasteiger partial charge in [0.05, 0.1) is 30.4 Å². The molecule has 1 N–H and O–H groups in total. The SMILES string of the molecule is CCOc1ccc(CCNc2cnc3ccccc3n2)cc1OCC. The Kier molecular flexibility index (Phi) is 5.67. The van der Waals surface area contributed by atoms with E-state index in [-0.39, 0.29) is 0 Å². The molecule has 0 amide bonds. The van der Waals surface area contributed by atoms with E-state index in [1.54, 1.807) is 6.20 Å². The maximum atomic E-state index is 5.68. The fraction of sp³-hybridized carbons (Fsp3) is 0.300. The zero-order chi connectivity index (χ0) is 17.5. The number of benzene rings is 2. The van der Waals surface area contributed by atoms with Gasteiger partial charge >= 0.3 is 0 Å². The van der Waals surface area contributed by atoms with E-state index in [0.29, 0.717) is 13.2 Å². The molecule has 0 atom stereocenters. The summed E-state index contributed by atoms with van der Waals surface area (Å²) in [5.41, 5.74) is 2.99. The van der Waals surface area contributed by atoms with Gasteiger partial charge in [-0.15, -0.1) is 0 Å². The van der Waals surface area contributed by atoms with Crippen LogP contribution in [-0.4, -0.2) is 29.7 Å². The summed E-state index contributed by atoms with van der Waals surface area (Å²) >= 11 is 0. The predicted molar refractivity (Wildman–Crippen MR) is 101 cm³/mol. The average Bonchev–Trinajstić information content (AvgIpc) is 2.64. The van der Waals surface area contributed by atoms with E-state index in [2.05, 4.69) is 21.4 Å². The monoisotopic (exact) mass is 337 g/mol. The molecule has 3 aromatic rings. The second kappa shape index (κ2) is 8.33. The highest BCUT2D eigenvalue weighted by atomic mass is 16.5. The number of anilines is 1. The second-order valence-electron chi connectivity index (χ2n) is 5.57. The molecule has 3 rings (SSSR count). The van der Waals surface area contributed by atoms with Crippen molar-refractivity contribution in [1.82, 2.24) is 9.97 Å². The van der Waals surface area contributed by atoms with E-state index in [1.807, 2.05) is 50.2 Å². The Bertz CT molecular complexity index is 836. The Morgan fingerprint density at radius 2 is 1.68 bits per heavy atom. The first-order valence-electron chi connectivity index (χ1n) is 8.64. The van der Waals surface area contributed by atoms with E-state index in [9.17, 15) is 0 Å². The van der Waals surface area contributed by atoms with Crippen molar-refractivity contribution in [1.29, 1.82) is 0 Å². The van der Waals surface area contributed by atoms with Crippen molar-refractivity contribution < 1.29 is 9.47 Å². The highest BCUT2D eigenvalue weighted by molar-refractivity contribution is 5.75. The van der Waals surface area contributed by atoms with E-state index >= 15 is 0 Å². The fourth-order valence-corrected chi connectivity index (χ4v) is 2.63. The number of hydrogen-bond acceptors (Lipinski definition) is 5. The highest BCUT2D eigenvalue weighted by Crippen LogP contribution is 2.28. The van der Waals surface area contributed by atoms with E-state index in [0.717, 1.165) is 41.3 Å². The summed E-state index contributed by atoms with van der Waals surface area (Å²) in [7, 11) is 0. The Labute approximate surface area is 148 Å². The lowest BCUT2D eigenvalue weighted by Crippen LogP contribution is -2.07. The predicted octanol–water partition coefficient (Wildman–Crippen LogP) is 4.08. The number of rotatable bonds is 8. The van der Waals surface area contributed by atoms with Gasteiger partial charge in [-0.25, -0.2) is 4.98 Å². The van der Waals surface area contributed by atoms with Crippen molar-refractivity contribution in [2.45, 2.75) is 20.3 Å². The summed E-state index contributed by atoms with van der Waals surface area (Å²) in [5.74, 6) is 2.38. The minimum Gasteiger partial charge on any atom is -0.490 e. The van der Waals surface area contributed by atoms with Crippen molar-refractivity contribution in [2.24, 2.45) is 0 Å².